The Hall–Kier alpha value is -3.71. The molecule has 2 aromatic heterocycles. The highest BCUT2D eigenvalue weighted by Gasteiger charge is 2.16. The van der Waals surface area contributed by atoms with E-state index in [0.29, 0.717) is 5.39 Å². The fourth-order valence-electron chi connectivity index (χ4n) is 6.58. The molecule has 1 aliphatic heterocycles. The zero-order chi connectivity index (χ0) is 36.1. The molecule has 7 nitrogen and oxygen atoms in total. The van der Waals surface area contributed by atoms with Gasteiger partial charge in [-0.3, -0.25) is 14.4 Å². The number of fused-ring (bicyclic) bond motifs is 2. The van der Waals surface area contributed by atoms with E-state index in [1.807, 2.05) is 66.9 Å². The largest absolute Gasteiger partial charge is 0.468 e. The molecule has 1 saturated heterocycles. The van der Waals surface area contributed by atoms with Crippen molar-refractivity contribution < 1.29 is 14.3 Å². The van der Waals surface area contributed by atoms with Gasteiger partial charge in [-0.25, -0.2) is 0 Å². The Kier molecular flexibility index (Phi) is 20.9. The molecule has 1 N–H and O–H groups in total. The first-order chi connectivity index (χ1) is 24.3. The fraction of sp³-hybridized carbons (Fsp3) is 0.568. The summed E-state index contributed by atoms with van der Waals surface area (Å²) in [4.78, 5) is 40.3. The number of H-pyrrole nitrogens is 1. The number of aryl methyl sites for hydroxylation is 1. The molecule has 2 aromatic carbocycles. The molecule has 0 spiro atoms. The molecule has 0 bridgehead atoms. The molecule has 0 saturated carbocycles. The lowest BCUT2D eigenvalue weighted by molar-refractivity contribution is -0.141. The van der Waals surface area contributed by atoms with Crippen LogP contribution in [0.2, 0.25) is 0 Å². The predicted molar refractivity (Wildman–Crippen MR) is 215 cm³/mol. The molecule has 0 atom stereocenters. The van der Waals surface area contributed by atoms with Crippen LogP contribution in [0.5, 0.6) is 0 Å². The van der Waals surface area contributed by atoms with Crippen molar-refractivity contribution >= 4 is 27.8 Å². The number of nitrogens with one attached hydrogen (secondary N) is 1. The average Bonchev–Trinajstić information content (AvgIpc) is 3.74. The molecular weight excluding hydrogens is 636 g/mol. The Morgan fingerprint density at radius 3 is 1.84 bits per heavy atom. The van der Waals surface area contributed by atoms with Crippen LogP contribution in [0.4, 0.5) is 0 Å². The molecule has 282 valence electrons. The number of benzene rings is 2. The average molecular weight is 703 g/mol. The van der Waals surface area contributed by atoms with E-state index in [0.717, 1.165) is 77.8 Å². The van der Waals surface area contributed by atoms with Crippen LogP contribution in [-0.4, -0.2) is 35.8 Å². The van der Waals surface area contributed by atoms with Crippen LogP contribution in [0, 0.1) is 13.8 Å². The summed E-state index contributed by atoms with van der Waals surface area (Å²) in [5, 5.41) is 1.47. The molecule has 4 aromatic rings. The maximum Gasteiger partial charge on any atom is 0.325 e. The second kappa shape index (κ2) is 24.5. The van der Waals surface area contributed by atoms with E-state index in [1.54, 1.807) is 0 Å². The lowest BCUT2D eigenvalue weighted by Gasteiger charge is -2.18. The summed E-state index contributed by atoms with van der Waals surface area (Å²) in [6.07, 6.45) is 19.2. The number of rotatable bonds is 16. The quantitative estimate of drug-likeness (QED) is 0.0927. The van der Waals surface area contributed by atoms with Crippen molar-refractivity contribution in [3.63, 3.8) is 0 Å². The van der Waals surface area contributed by atoms with Gasteiger partial charge in [0.25, 0.3) is 0 Å². The second-order valence-corrected chi connectivity index (χ2v) is 13.5. The Labute approximate surface area is 307 Å². The summed E-state index contributed by atoms with van der Waals surface area (Å²) in [5.41, 5.74) is 5.73. The summed E-state index contributed by atoms with van der Waals surface area (Å²) in [7, 11) is 1.40. The molecule has 3 heterocycles. The highest BCUT2D eigenvalue weighted by Crippen LogP contribution is 2.19. The normalized spacial score (nSPS) is 12.1. The number of aromatic nitrogens is 2. The van der Waals surface area contributed by atoms with E-state index < -0.39 is 0 Å². The topological polar surface area (TPSA) is 90.4 Å². The van der Waals surface area contributed by atoms with Crippen LogP contribution in [0.15, 0.2) is 58.1 Å². The molecule has 51 heavy (non-hydrogen) atoms. The number of aromatic amines is 1. The Balaban J connectivity index is 0.000000310. The lowest BCUT2D eigenvalue weighted by Crippen LogP contribution is -2.22. The third-order valence-corrected chi connectivity index (χ3v) is 9.68. The fourth-order valence-corrected chi connectivity index (χ4v) is 6.58. The van der Waals surface area contributed by atoms with E-state index in [-0.39, 0.29) is 30.8 Å². The van der Waals surface area contributed by atoms with Gasteiger partial charge in [0, 0.05) is 52.0 Å². The number of hydrogen-bond acceptors (Lipinski definition) is 5. The third kappa shape index (κ3) is 13.7. The number of carbonyl (C=O) groups excluding carboxylic acids is 1. The number of esters is 1. The minimum absolute atomic E-state index is 0. The van der Waals surface area contributed by atoms with Gasteiger partial charge in [0.15, 0.2) is 10.9 Å². The summed E-state index contributed by atoms with van der Waals surface area (Å²) < 4.78 is 11.8. The van der Waals surface area contributed by atoms with E-state index >= 15 is 0 Å². The maximum absolute atomic E-state index is 12.7. The standard InChI is InChI=1S/C21H29NO3.C18H25NO.C4H8O.CH4/c1-4-5-6-7-8-9-13-18-16(2)21(24)17-12-10-11-14-19(17)22(18)15-20(23)25-3;1-3-4-5-6-7-8-12-16-14(2)18(20)15-11-9-10-13-17(15)19-16;1-2-4-5-3-1;/h10-12,14H,4-9,13,15H2,1-3H3;9-11,13H,3-8,12H2,1-2H3,(H,19,20);1-4H2;1H4. The Morgan fingerprint density at radius 1 is 0.725 bits per heavy atom. The number of carbonyl (C=O) groups is 1. The molecule has 7 heteroatoms. The zero-order valence-corrected chi connectivity index (χ0v) is 31.5. The SMILES string of the molecule is C.C1CCOC1.CCCCCCCCc1[nH]c2ccccc2c(=O)c1C.CCCCCCCCc1c(C)c(=O)c2ccccc2n1CC(=O)OC. The van der Waals surface area contributed by atoms with E-state index in [4.69, 9.17) is 9.47 Å². The third-order valence-electron chi connectivity index (χ3n) is 9.68. The summed E-state index contributed by atoms with van der Waals surface area (Å²) in [6.45, 7) is 10.4. The number of pyridine rings is 2. The van der Waals surface area contributed by atoms with Gasteiger partial charge in [0.1, 0.15) is 6.54 Å². The Bertz CT molecular complexity index is 1710. The lowest BCUT2D eigenvalue weighted by atomic mass is 10.0. The van der Waals surface area contributed by atoms with Gasteiger partial charge in [0.2, 0.25) is 0 Å². The van der Waals surface area contributed by atoms with Crippen molar-refractivity contribution in [3.8, 4) is 0 Å². The van der Waals surface area contributed by atoms with Gasteiger partial charge < -0.3 is 19.0 Å². The summed E-state index contributed by atoms with van der Waals surface area (Å²) in [5.74, 6) is -0.294. The number of nitrogens with zero attached hydrogens (tertiary/aromatic N) is 1. The van der Waals surface area contributed by atoms with Gasteiger partial charge >= 0.3 is 5.97 Å². The summed E-state index contributed by atoms with van der Waals surface area (Å²) >= 11 is 0. The van der Waals surface area contributed by atoms with Crippen molar-refractivity contribution in [2.45, 2.75) is 144 Å². The van der Waals surface area contributed by atoms with Gasteiger partial charge in [-0.05, 0) is 76.6 Å². The van der Waals surface area contributed by atoms with Crippen molar-refractivity contribution in [1.29, 1.82) is 0 Å². The highest BCUT2D eigenvalue weighted by molar-refractivity contribution is 5.82. The number of hydrogen-bond donors (Lipinski definition) is 1. The maximum atomic E-state index is 12.7. The van der Waals surface area contributed by atoms with Crippen LogP contribution in [0.1, 0.15) is 134 Å². The molecule has 0 aliphatic carbocycles. The predicted octanol–water partition coefficient (Wildman–Crippen LogP) is 10.6. The molecule has 0 amide bonds. The first-order valence-corrected chi connectivity index (χ1v) is 19.2. The molecule has 1 aliphatic rings. The van der Waals surface area contributed by atoms with Crippen LogP contribution >= 0.6 is 0 Å². The second-order valence-electron chi connectivity index (χ2n) is 13.5. The van der Waals surface area contributed by atoms with Gasteiger partial charge in [0.05, 0.1) is 12.6 Å². The molecule has 0 unspecified atom stereocenters. The molecule has 5 rings (SSSR count). The van der Waals surface area contributed by atoms with Crippen molar-refractivity contribution in [2.75, 3.05) is 20.3 Å². The van der Waals surface area contributed by atoms with Gasteiger partial charge in [-0.15, -0.1) is 0 Å². The number of para-hydroxylation sites is 2. The molecule has 1 fully saturated rings. The van der Waals surface area contributed by atoms with Crippen molar-refractivity contribution in [1.82, 2.24) is 9.55 Å². The van der Waals surface area contributed by atoms with Crippen molar-refractivity contribution in [3.05, 3.63) is 91.5 Å². The summed E-state index contributed by atoms with van der Waals surface area (Å²) in [6, 6.07) is 15.3. The van der Waals surface area contributed by atoms with Gasteiger partial charge in [-0.1, -0.05) is 110 Å². The monoisotopic (exact) mass is 702 g/mol. The molecular formula is C44H66N2O5. The zero-order valence-electron chi connectivity index (χ0n) is 31.5. The van der Waals surface area contributed by atoms with Crippen molar-refractivity contribution in [2.24, 2.45) is 0 Å². The van der Waals surface area contributed by atoms with E-state index in [2.05, 4.69) is 18.8 Å². The highest BCUT2D eigenvalue weighted by atomic mass is 16.5. The Morgan fingerprint density at radius 2 is 1.25 bits per heavy atom. The smallest absolute Gasteiger partial charge is 0.325 e. The van der Waals surface area contributed by atoms with Crippen LogP contribution in [-0.2, 0) is 33.7 Å². The van der Waals surface area contributed by atoms with E-state index in [1.165, 1.54) is 84.2 Å². The van der Waals surface area contributed by atoms with Crippen LogP contribution in [0.3, 0.4) is 0 Å². The number of methoxy groups -OCH3 is 1. The van der Waals surface area contributed by atoms with E-state index in [9.17, 15) is 14.4 Å². The number of unbranched alkanes of at least 4 members (excludes halogenated alkanes) is 10. The minimum atomic E-state index is -0.294. The first-order valence-electron chi connectivity index (χ1n) is 19.2. The van der Waals surface area contributed by atoms with Crippen LogP contribution < -0.4 is 10.9 Å². The van der Waals surface area contributed by atoms with Gasteiger partial charge in [-0.2, -0.15) is 0 Å². The molecule has 0 radical (unpaired) electrons. The minimum Gasteiger partial charge on any atom is -0.468 e. The van der Waals surface area contributed by atoms with Crippen LogP contribution in [0.25, 0.3) is 21.8 Å². The number of ether oxygens (including phenoxy) is 2. The first kappa shape index (κ1) is 43.5.